The summed E-state index contributed by atoms with van der Waals surface area (Å²) in [6, 6.07) is 2.52. The molecule has 1 aliphatic carbocycles. The second-order valence-electron chi connectivity index (χ2n) is 4.57. The second kappa shape index (κ2) is 5.84. The zero-order valence-electron chi connectivity index (χ0n) is 10.5. The Balaban J connectivity index is 1.89. The number of rotatable bonds is 6. The molecule has 0 spiro atoms. The van der Waals surface area contributed by atoms with Gasteiger partial charge in [-0.3, -0.25) is 4.79 Å². The van der Waals surface area contributed by atoms with Gasteiger partial charge in [-0.15, -0.1) is 0 Å². The first-order valence-electron chi connectivity index (χ1n) is 6.12. The van der Waals surface area contributed by atoms with E-state index in [1.165, 1.54) is 0 Å². The number of benzene rings is 1. The Morgan fingerprint density at radius 2 is 1.95 bits per heavy atom. The van der Waals surface area contributed by atoms with Gasteiger partial charge in [0, 0.05) is 19.0 Å². The molecule has 110 valence electrons. The molecular formula is C12H14F2N2O3S. The van der Waals surface area contributed by atoms with E-state index in [2.05, 4.69) is 10.0 Å². The number of amides is 1. The van der Waals surface area contributed by atoms with Crippen LogP contribution in [0.3, 0.4) is 0 Å². The standard InChI is InChI=1S/C12H14F2N2O3S/c13-10-4-3-9(7-11(10)14)20(18,19)15-6-5-12(17)16-8-1-2-8/h3-4,7-8,15H,1-2,5-6H2,(H,16,17). The van der Waals surface area contributed by atoms with Crippen molar-refractivity contribution in [2.24, 2.45) is 0 Å². The Morgan fingerprint density at radius 3 is 2.55 bits per heavy atom. The lowest BCUT2D eigenvalue weighted by Crippen LogP contribution is -2.31. The fourth-order valence-electron chi connectivity index (χ4n) is 1.55. The van der Waals surface area contributed by atoms with Crippen LogP contribution in [-0.4, -0.2) is 26.9 Å². The number of carbonyl (C=O) groups is 1. The number of sulfonamides is 1. The summed E-state index contributed by atoms with van der Waals surface area (Å²) >= 11 is 0. The van der Waals surface area contributed by atoms with Gasteiger partial charge in [0.1, 0.15) is 0 Å². The molecule has 1 aliphatic rings. The molecule has 2 N–H and O–H groups in total. The molecule has 1 aromatic rings. The van der Waals surface area contributed by atoms with Gasteiger partial charge in [0.15, 0.2) is 11.6 Å². The summed E-state index contributed by atoms with van der Waals surface area (Å²) in [5.41, 5.74) is 0. The summed E-state index contributed by atoms with van der Waals surface area (Å²) in [6.07, 6.45) is 1.90. The van der Waals surface area contributed by atoms with E-state index < -0.39 is 21.7 Å². The molecule has 0 aromatic heterocycles. The molecule has 20 heavy (non-hydrogen) atoms. The SMILES string of the molecule is O=C(CCNS(=O)(=O)c1ccc(F)c(F)c1)NC1CC1. The number of hydrogen-bond acceptors (Lipinski definition) is 3. The van der Waals surface area contributed by atoms with Crippen LogP contribution in [0.15, 0.2) is 23.1 Å². The highest BCUT2D eigenvalue weighted by atomic mass is 32.2. The van der Waals surface area contributed by atoms with E-state index in [1.54, 1.807) is 0 Å². The van der Waals surface area contributed by atoms with Gasteiger partial charge in [-0.2, -0.15) is 0 Å². The Hall–Kier alpha value is -1.54. The third-order valence-corrected chi connectivity index (χ3v) is 4.25. The maximum Gasteiger partial charge on any atom is 0.240 e. The van der Waals surface area contributed by atoms with Crippen molar-refractivity contribution in [1.29, 1.82) is 0 Å². The van der Waals surface area contributed by atoms with Gasteiger partial charge < -0.3 is 5.32 Å². The monoisotopic (exact) mass is 304 g/mol. The van der Waals surface area contributed by atoms with E-state index in [0.29, 0.717) is 6.07 Å². The molecule has 0 atom stereocenters. The van der Waals surface area contributed by atoms with Crippen LogP contribution in [0.2, 0.25) is 0 Å². The molecular weight excluding hydrogens is 290 g/mol. The van der Waals surface area contributed by atoms with Gasteiger partial charge in [-0.05, 0) is 31.0 Å². The van der Waals surface area contributed by atoms with Gasteiger partial charge in [0.25, 0.3) is 0 Å². The molecule has 1 saturated carbocycles. The summed E-state index contributed by atoms with van der Waals surface area (Å²) < 4.78 is 51.4. The molecule has 0 unspecified atom stereocenters. The van der Waals surface area contributed by atoms with Crippen LogP contribution in [0, 0.1) is 11.6 Å². The molecule has 0 aliphatic heterocycles. The van der Waals surface area contributed by atoms with E-state index in [-0.39, 0.29) is 29.8 Å². The fraction of sp³-hybridized carbons (Fsp3) is 0.417. The highest BCUT2D eigenvalue weighted by Gasteiger charge is 2.23. The predicted molar refractivity (Wildman–Crippen MR) is 67.3 cm³/mol. The van der Waals surface area contributed by atoms with Crippen molar-refractivity contribution in [1.82, 2.24) is 10.0 Å². The zero-order valence-corrected chi connectivity index (χ0v) is 11.3. The lowest BCUT2D eigenvalue weighted by atomic mass is 10.3. The molecule has 0 heterocycles. The third kappa shape index (κ3) is 3.97. The first-order chi connectivity index (χ1) is 9.38. The lowest BCUT2D eigenvalue weighted by molar-refractivity contribution is -0.121. The molecule has 8 heteroatoms. The summed E-state index contributed by atoms with van der Waals surface area (Å²) in [5, 5.41) is 2.71. The quantitative estimate of drug-likeness (QED) is 0.820. The Labute approximate surface area is 115 Å². The topological polar surface area (TPSA) is 75.3 Å². The van der Waals surface area contributed by atoms with E-state index in [0.717, 1.165) is 25.0 Å². The fourth-order valence-corrected chi connectivity index (χ4v) is 2.60. The minimum Gasteiger partial charge on any atom is -0.353 e. The van der Waals surface area contributed by atoms with Gasteiger partial charge in [-0.1, -0.05) is 0 Å². The maximum atomic E-state index is 13.0. The van der Waals surface area contributed by atoms with Crippen LogP contribution in [0.25, 0.3) is 0 Å². The predicted octanol–water partition coefficient (Wildman–Crippen LogP) is 0.912. The average Bonchev–Trinajstić information content (AvgIpc) is 3.16. The van der Waals surface area contributed by atoms with Gasteiger partial charge in [0.05, 0.1) is 4.90 Å². The van der Waals surface area contributed by atoms with Crippen LogP contribution >= 0.6 is 0 Å². The van der Waals surface area contributed by atoms with Crippen molar-refractivity contribution in [2.45, 2.75) is 30.2 Å². The molecule has 1 aromatic carbocycles. The van der Waals surface area contributed by atoms with Crippen molar-refractivity contribution in [3.63, 3.8) is 0 Å². The Kier molecular flexibility index (Phi) is 4.34. The van der Waals surface area contributed by atoms with Crippen molar-refractivity contribution in [3.05, 3.63) is 29.8 Å². The number of carbonyl (C=O) groups excluding carboxylic acids is 1. The average molecular weight is 304 g/mol. The van der Waals surface area contributed by atoms with Gasteiger partial charge in [-0.25, -0.2) is 21.9 Å². The van der Waals surface area contributed by atoms with Crippen molar-refractivity contribution < 1.29 is 22.0 Å². The van der Waals surface area contributed by atoms with Crippen molar-refractivity contribution in [3.8, 4) is 0 Å². The maximum absolute atomic E-state index is 13.0. The number of nitrogens with one attached hydrogen (secondary N) is 2. The van der Waals surface area contributed by atoms with Crippen molar-refractivity contribution in [2.75, 3.05) is 6.54 Å². The van der Waals surface area contributed by atoms with Crippen LogP contribution in [0.4, 0.5) is 8.78 Å². The number of hydrogen-bond donors (Lipinski definition) is 2. The van der Waals surface area contributed by atoms with Crippen LogP contribution in [-0.2, 0) is 14.8 Å². The van der Waals surface area contributed by atoms with E-state index in [9.17, 15) is 22.0 Å². The van der Waals surface area contributed by atoms with E-state index >= 15 is 0 Å². The van der Waals surface area contributed by atoms with E-state index in [1.807, 2.05) is 0 Å². The second-order valence-corrected chi connectivity index (χ2v) is 6.33. The molecule has 1 amide bonds. The summed E-state index contributed by atoms with van der Waals surface area (Å²) in [7, 11) is -3.94. The van der Waals surface area contributed by atoms with Crippen LogP contribution in [0.5, 0.6) is 0 Å². The minimum absolute atomic E-state index is 0.000588. The van der Waals surface area contributed by atoms with Crippen LogP contribution < -0.4 is 10.0 Å². The largest absolute Gasteiger partial charge is 0.353 e. The van der Waals surface area contributed by atoms with E-state index in [4.69, 9.17) is 0 Å². The molecule has 5 nitrogen and oxygen atoms in total. The van der Waals surface area contributed by atoms with Crippen LogP contribution in [0.1, 0.15) is 19.3 Å². The van der Waals surface area contributed by atoms with Crippen molar-refractivity contribution >= 4 is 15.9 Å². The third-order valence-electron chi connectivity index (χ3n) is 2.79. The molecule has 0 bridgehead atoms. The molecule has 1 fully saturated rings. The Morgan fingerprint density at radius 1 is 1.25 bits per heavy atom. The summed E-state index contributed by atoms with van der Waals surface area (Å²) in [6.45, 7) is -0.0973. The first-order valence-corrected chi connectivity index (χ1v) is 7.61. The molecule has 0 radical (unpaired) electrons. The minimum atomic E-state index is -3.94. The first kappa shape index (κ1) is 14.9. The highest BCUT2D eigenvalue weighted by Crippen LogP contribution is 2.18. The van der Waals surface area contributed by atoms with Gasteiger partial charge >= 0.3 is 0 Å². The zero-order chi connectivity index (χ0) is 14.8. The smallest absolute Gasteiger partial charge is 0.240 e. The lowest BCUT2D eigenvalue weighted by Gasteiger charge is -2.07. The van der Waals surface area contributed by atoms with Gasteiger partial charge in [0.2, 0.25) is 15.9 Å². The normalized spacial score (nSPS) is 15.1. The summed E-state index contributed by atoms with van der Waals surface area (Å²) in [4.78, 5) is 11.0. The molecule has 2 rings (SSSR count). The summed E-state index contributed by atoms with van der Waals surface area (Å²) in [5.74, 6) is -2.59. The number of halogens is 2. The Bertz CT molecular complexity index is 615. The highest BCUT2D eigenvalue weighted by molar-refractivity contribution is 7.89. The molecule has 0 saturated heterocycles.